The maximum absolute atomic E-state index is 9.98. The van der Waals surface area contributed by atoms with Crippen LogP contribution in [0.2, 0.25) is 0 Å². The van der Waals surface area contributed by atoms with E-state index in [1.54, 1.807) is 0 Å². The summed E-state index contributed by atoms with van der Waals surface area (Å²) in [5, 5.41) is 160. The van der Waals surface area contributed by atoms with Crippen molar-refractivity contribution < 1.29 is 148 Å². The molecule has 0 fully saturated rings. The normalized spacial score (nSPS) is 19.9. The van der Waals surface area contributed by atoms with Crippen LogP contribution in [0.5, 0.6) is 0 Å². The molecule has 235 valence electrons. The number of carboxylic acids is 3. The van der Waals surface area contributed by atoms with Crippen LogP contribution in [0.3, 0.4) is 0 Å². The van der Waals surface area contributed by atoms with Crippen LogP contribution in [0.15, 0.2) is 0 Å². The minimum Gasteiger partial charge on any atom is -0.547 e. The largest absolute Gasteiger partial charge is 3.00 e. The third kappa shape index (κ3) is 17.2. The molecule has 0 aromatic carbocycles. The average Bonchev–Trinajstić information content (AvgIpc) is 2.92. The molecule has 1 radical (unpaired) electrons. The minimum atomic E-state index is -2.31. The first kappa shape index (κ1) is 46.2. The summed E-state index contributed by atoms with van der Waals surface area (Å²) < 4.78 is 0. The molecule has 0 heterocycles. The Bertz CT molecular complexity index is 608. The second kappa shape index (κ2) is 23.7. The van der Waals surface area contributed by atoms with Gasteiger partial charge in [-0.25, -0.2) is 0 Å². The van der Waals surface area contributed by atoms with Crippen molar-refractivity contribution in [2.24, 2.45) is 0 Å². The van der Waals surface area contributed by atoms with Crippen molar-refractivity contribution in [2.45, 2.75) is 73.2 Å². The van der Waals surface area contributed by atoms with Gasteiger partial charge in [-0.05, 0) is 0 Å². The van der Waals surface area contributed by atoms with Crippen molar-refractivity contribution in [1.29, 1.82) is 0 Å². The molecule has 12 atom stereocenters. The molecule has 0 bridgehead atoms. The number of aliphatic carboxylic acids is 3. The maximum atomic E-state index is 9.98. The first-order valence-electron chi connectivity index (χ1n) is 10.4. The molecule has 0 aliphatic heterocycles. The molecular weight excluding hydrogens is 692 g/mol. The number of hydrogen-bond acceptors (Lipinski definition) is 21. The summed E-state index contributed by atoms with van der Waals surface area (Å²) in [7, 11) is 0. The quantitative estimate of drug-likeness (QED) is 0.0745. The van der Waals surface area contributed by atoms with Crippen LogP contribution < -0.4 is 15.3 Å². The Morgan fingerprint density at radius 1 is 0.400 bits per heavy atom. The Kier molecular flexibility index (Phi) is 27.4. The summed E-state index contributed by atoms with van der Waals surface area (Å²) in [6, 6.07) is 0. The summed E-state index contributed by atoms with van der Waals surface area (Å²) in [5.74, 6) is -5.93. The fourth-order valence-corrected chi connectivity index (χ4v) is 1.99. The molecule has 0 rings (SSSR count). The minimum absolute atomic E-state index is 0. The van der Waals surface area contributed by atoms with E-state index in [1.807, 2.05) is 0 Å². The smallest absolute Gasteiger partial charge is 0.547 e. The van der Waals surface area contributed by atoms with Crippen LogP contribution in [0.1, 0.15) is 0 Å². The van der Waals surface area contributed by atoms with Crippen molar-refractivity contribution in [3.05, 3.63) is 0 Å². The second-order valence-electron chi connectivity index (χ2n) is 7.48. The maximum Gasteiger partial charge on any atom is 3.00 e. The van der Waals surface area contributed by atoms with Crippen LogP contribution in [0, 0.1) is 41.7 Å². The summed E-state index contributed by atoms with van der Waals surface area (Å²) in [6.45, 7) is -2.59. The fraction of sp³-hybridized carbons (Fsp3) is 0.833. The first-order chi connectivity index (χ1) is 17.7. The molecule has 21 nitrogen and oxygen atoms in total. The van der Waals surface area contributed by atoms with Gasteiger partial charge in [0.1, 0.15) is 73.2 Å². The number of carbonyl (C=O) groups is 3. The number of rotatable bonds is 15. The van der Waals surface area contributed by atoms with E-state index in [1.165, 1.54) is 0 Å². The molecule has 0 unspecified atom stereocenters. The van der Waals surface area contributed by atoms with Crippen molar-refractivity contribution >= 4 is 17.9 Å². The predicted molar refractivity (Wildman–Crippen MR) is 108 cm³/mol. The predicted octanol–water partition coefficient (Wildman–Crippen LogP) is -14.5. The summed E-state index contributed by atoms with van der Waals surface area (Å²) in [6.07, 6.45) is -24.2. The van der Waals surface area contributed by atoms with E-state index >= 15 is 0 Å². The van der Waals surface area contributed by atoms with Crippen LogP contribution >= 0.6 is 0 Å². The van der Waals surface area contributed by atoms with Gasteiger partial charge in [0.05, 0.1) is 37.7 Å². The topological polar surface area (TPSA) is 424 Å². The van der Waals surface area contributed by atoms with Crippen molar-refractivity contribution in [3.8, 4) is 0 Å². The molecular formula is C18H33CeO21. The Labute approximate surface area is 258 Å². The van der Waals surface area contributed by atoms with E-state index in [4.69, 9.17) is 76.6 Å². The molecule has 0 aromatic heterocycles. The SMILES string of the molecule is O=C([O-])[C@H](O)[C@@H](O)[C@H](O)[C@H](O)CO.O=C([O-])[C@H](O)[C@@H](O)[C@H](O)[C@H](O)CO.O=C([O-])[C@H](O)[C@@H](O)[C@H](O)[C@H](O)CO.[Ce+3]. The first-order valence-corrected chi connectivity index (χ1v) is 10.4. The van der Waals surface area contributed by atoms with E-state index in [2.05, 4.69) is 0 Å². The average molecular weight is 726 g/mol. The molecule has 0 amide bonds. The van der Waals surface area contributed by atoms with Crippen molar-refractivity contribution in [2.75, 3.05) is 19.8 Å². The van der Waals surface area contributed by atoms with Crippen molar-refractivity contribution in [3.63, 3.8) is 0 Å². The molecule has 0 aliphatic rings. The van der Waals surface area contributed by atoms with Crippen LogP contribution in [-0.2, 0) is 14.4 Å². The van der Waals surface area contributed by atoms with Gasteiger partial charge in [0.15, 0.2) is 0 Å². The van der Waals surface area contributed by atoms with E-state index in [-0.39, 0.29) is 41.7 Å². The van der Waals surface area contributed by atoms with Crippen LogP contribution in [-0.4, -0.2) is 188 Å². The zero-order valence-electron chi connectivity index (χ0n) is 20.2. The number of carboxylic acid groups (broad SMARTS) is 3. The Hall–Kier alpha value is -0.813. The van der Waals surface area contributed by atoms with Crippen LogP contribution in [0.25, 0.3) is 0 Å². The summed E-state index contributed by atoms with van der Waals surface area (Å²) in [4.78, 5) is 29.9. The van der Waals surface area contributed by atoms with Gasteiger partial charge in [-0.3, -0.25) is 0 Å². The van der Waals surface area contributed by atoms with Gasteiger partial charge in [0, 0.05) is 0 Å². The molecule has 0 saturated heterocycles. The van der Waals surface area contributed by atoms with E-state index in [0.717, 1.165) is 0 Å². The van der Waals surface area contributed by atoms with Gasteiger partial charge >= 0.3 is 41.7 Å². The number of aliphatic hydroxyl groups is 15. The molecule has 0 spiro atoms. The van der Waals surface area contributed by atoms with Crippen LogP contribution in [0.4, 0.5) is 0 Å². The molecule has 0 saturated carbocycles. The summed E-state index contributed by atoms with van der Waals surface area (Å²) >= 11 is 0. The van der Waals surface area contributed by atoms with Gasteiger partial charge in [0.2, 0.25) is 0 Å². The van der Waals surface area contributed by atoms with E-state index in [9.17, 15) is 29.7 Å². The Balaban J connectivity index is -0.000000240. The molecule has 15 N–H and O–H groups in total. The molecule has 40 heavy (non-hydrogen) atoms. The monoisotopic (exact) mass is 725 g/mol. The van der Waals surface area contributed by atoms with Gasteiger partial charge in [-0.1, -0.05) is 0 Å². The van der Waals surface area contributed by atoms with E-state index in [0.29, 0.717) is 0 Å². The zero-order valence-corrected chi connectivity index (χ0v) is 23.3. The molecule has 22 heteroatoms. The number of hydrogen-bond donors (Lipinski definition) is 15. The molecule has 0 aromatic rings. The van der Waals surface area contributed by atoms with Gasteiger partial charge in [0.25, 0.3) is 0 Å². The van der Waals surface area contributed by atoms with Gasteiger partial charge in [-0.15, -0.1) is 0 Å². The standard InChI is InChI=1S/3C6H12O7.Ce/c3*7-1-2(8)3(9)4(10)5(11)6(12)13;/h3*2-5,7-11H,1H2,(H,12,13);/q;;;+3/p-3/t3*2-,3-,4+,5-;/m111./s1. The third-order valence-corrected chi connectivity index (χ3v) is 4.49. The second-order valence-corrected chi connectivity index (χ2v) is 7.48. The number of carbonyl (C=O) groups excluding carboxylic acids is 3. The van der Waals surface area contributed by atoms with Gasteiger partial charge < -0.3 is 106 Å². The third-order valence-electron chi connectivity index (χ3n) is 4.49. The molecule has 0 aliphatic carbocycles. The number of aliphatic hydroxyl groups excluding tert-OH is 15. The Morgan fingerprint density at radius 2 is 0.550 bits per heavy atom. The zero-order chi connectivity index (χ0) is 31.8. The fourth-order valence-electron chi connectivity index (χ4n) is 1.99. The van der Waals surface area contributed by atoms with Crippen molar-refractivity contribution in [1.82, 2.24) is 0 Å². The van der Waals surface area contributed by atoms with Gasteiger partial charge in [-0.2, -0.15) is 0 Å². The summed E-state index contributed by atoms with van der Waals surface area (Å²) in [5.41, 5.74) is 0. The Morgan fingerprint density at radius 3 is 0.650 bits per heavy atom. The van der Waals surface area contributed by atoms with E-state index < -0.39 is 111 Å².